The monoisotopic (exact) mass is 106 g/mol. The molecule has 8 heavy (non-hydrogen) atoms. The summed E-state index contributed by atoms with van der Waals surface area (Å²) in [7, 11) is 2.06. The average Bonchev–Trinajstić information content (AvgIpc) is 1.90. The van der Waals surface area contributed by atoms with Gasteiger partial charge in [0.05, 0.1) is 11.9 Å². The predicted molar refractivity (Wildman–Crippen MR) is 36.6 cm³/mol. The van der Waals surface area contributed by atoms with Crippen molar-refractivity contribution in [1.82, 2.24) is 5.32 Å². The molecule has 1 aliphatic heterocycles. The van der Waals surface area contributed by atoms with E-state index in [0.29, 0.717) is 0 Å². The van der Waals surface area contributed by atoms with Crippen molar-refractivity contribution in [3.05, 3.63) is 18.1 Å². The first-order valence-electron chi connectivity index (χ1n) is 2.66. The van der Waals surface area contributed by atoms with E-state index in [2.05, 4.69) is 24.0 Å². The van der Waals surface area contributed by atoms with Crippen LogP contribution in [0.3, 0.4) is 0 Å². The second kappa shape index (κ2) is 2.38. The van der Waals surface area contributed by atoms with Gasteiger partial charge >= 0.3 is 0 Å². The molecule has 0 fully saturated rings. The Hall–Kier alpha value is -0.945. The van der Waals surface area contributed by atoms with Crippen LogP contribution < -0.4 is 5.32 Å². The number of rotatable bonds is 1. The van der Waals surface area contributed by atoms with Gasteiger partial charge in [0, 0.05) is 12.1 Å². The molecule has 0 aromatic heterocycles. The van der Waals surface area contributed by atoms with Gasteiger partial charge in [-0.05, 0) is 6.32 Å². The van der Waals surface area contributed by atoms with Crippen LogP contribution in [0.5, 0.6) is 0 Å². The van der Waals surface area contributed by atoms with E-state index in [-0.39, 0.29) is 0 Å². The van der Waals surface area contributed by atoms with E-state index < -0.39 is 0 Å². The zero-order valence-electron chi connectivity index (χ0n) is 4.81. The van der Waals surface area contributed by atoms with Gasteiger partial charge in [0.2, 0.25) is 0 Å². The van der Waals surface area contributed by atoms with Crippen molar-refractivity contribution in [2.45, 2.75) is 6.32 Å². The highest BCUT2D eigenvalue weighted by Gasteiger charge is 1.87. The molecule has 0 aliphatic carbocycles. The van der Waals surface area contributed by atoms with Crippen molar-refractivity contribution in [1.29, 1.82) is 0 Å². The van der Waals surface area contributed by atoms with Gasteiger partial charge in [0.25, 0.3) is 0 Å². The molecule has 0 bridgehead atoms. The normalized spacial score (nSPS) is 15.2. The quantitative estimate of drug-likeness (QED) is 0.454. The molecule has 0 unspecified atom stereocenters. The molecule has 1 heterocycles. The standard InChI is InChI=1S/C5H7BN2/c6-3-5-4-7-1-2-8-5/h1,4,7H,3,6H2. The molecule has 0 radical (unpaired) electrons. The smallest absolute Gasteiger partial charge is 0.109 e. The average molecular weight is 106 g/mol. The lowest BCUT2D eigenvalue weighted by atomic mass is 10.0. The molecule has 0 saturated carbocycles. The molecule has 1 aliphatic rings. The fourth-order valence-electron chi connectivity index (χ4n) is 0.504. The summed E-state index contributed by atoms with van der Waals surface area (Å²) in [4.78, 5) is 3.94. The zero-order valence-corrected chi connectivity index (χ0v) is 4.81. The predicted octanol–water partition coefficient (Wildman–Crippen LogP) is -0.334. The van der Waals surface area contributed by atoms with Gasteiger partial charge < -0.3 is 5.32 Å². The highest BCUT2D eigenvalue weighted by molar-refractivity contribution is 6.10. The molecule has 40 valence electrons. The minimum atomic E-state index is 0.966. The van der Waals surface area contributed by atoms with Gasteiger partial charge in [-0.1, -0.05) is 0 Å². The number of nitrogens with one attached hydrogen (secondary N) is 1. The highest BCUT2D eigenvalue weighted by atomic mass is 14.9. The third-order valence-electron chi connectivity index (χ3n) is 0.968. The van der Waals surface area contributed by atoms with Gasteiger partial charge in [-0.2, -0.15) is 0 Å². The molecule has 0 aromatic rings. The summed E-state index contributed by atoms with van der Waals surface area (Å²) >= 11 is 0. The number of hydrogen-bond donors (Lipinski definition) is 1. The summed E-state index contributed by atoms with van der Waals surface area (Å²) in [5.41, 5.74) is 1.05. The van der Waals surface area contributed by atoms with E-state index in [1.165, 1.54) is 0 Å². The lowest BCUT2D eigenvalue weighted by molar-refractivity contribution is 1.12. The summed E-state index contributed by atoms with van der Waals surface area (Å²) < 4.78 is 0. The summed E-state index contributed by atoms with van der Waals surface area (Å²) in [6.45, 7) is 0. The Morgan fingerprint density at radius 2 is 2.75 bits per heavy atom. The molecular formula is C5H7BN2. The zero-order chi connectivity index (χ0) is 5.82. The third-order valence-corrected chi connectivity index (χ3v) is 0.968. The summed E-state index contributed by atoms with van der Waals surface area (Å²) in [6, 6.07) is 0. The van der Waals surface area contributed by atoms with Crippen LogP contribution in [0, 0.1) is 0 Å². The van der Waals surface area contributed by atoms with Gasteiger partial charge in [-0.3, -0.25) is 0 Å². The summed E-state index contributed by atoms with van der Waals surface area (Å²) in [5.74, 6) is 2.71. The largest absolute Gasteiger partial charge is 0.358 e. The van der Waals surface area contributed by atoms with Crippen molar-refractivity contribution in [3.8, 4) is 0 Å². The maximum Gasteiger partial charge on any atom is 0.109 e. The molecule has 3 heteroatoms. The Kier molecular flexibility index (Phi) is 1.55. The fourth-order valence-corrected chi connectivity index (χ4v) is 0.504. The molecule has 0 spiro atoms. The van der Waals surface area contributed by atoms with Gasteiger partial charge in [-0.15, -0.1) is 0 Å². The van der Waals surface area contributed by atoms with Crippen molar-refractivity contribution in [2.24, 2.45) is 4.99 Å². The Morgan fingerprint density at radius 3 is 3.12 bits per heavy atom. The Bertz CT molecular complexity index is 165. The Labute approximate surface area is 49.4 Å². The third kappa shape index (κ3) is 1.01. The van der Waals surface area contributed by atoms with E-state index in [1.807, 2.05) is 6.20 Å². The summed E-state index contributed by atoms with van der Waals surface area (Å²) in [5, 5.41) is 2.89. The Morgan fingerprint density at radius 1 is 1.88 bits per heavy atom. The van der Waals surface area contributed by atoms with E-state index in [0.717, 1.165) is 12.0 Å². The van der Waals surface area contributed by atoms with Gasteiger partial charge in [-0.25, -0.2) is 4.99 Å². The molecule has 0 atom stereocenters. The topological polar surface area (TPSA) is 24.4 Å². The van der Waals surface area contributed by atoms with E-state index in [1.54, 1.807) is 6.20 Å². The van der Waals surface area contributed by atoms with Crippen LogP contribution in [0.2, 0.25) is 6.32 Å². The SMILES string of the molecule is BCC1=CNC=C=N1. The van der Waals surface area contributed by atoms with Crippen LogP contribution in [-0.4, -0.2) is 13.7 Å². The van der Waals surface area contributed by atoms with Crippen LogP contribution in [0.1, 0.15) is 0 Å². The van der Waals surface area contributed by atoms with Crippen LogP contribution in [-0.2, 0) is 0 Å². The molecular weight excluding hydrogens is 98.9 g/mol. The number of aliphatic imine (C=N–C) groups is 1. The molecule has 1 N–H and O–H groups in total. The first-order chi connectivity index (χ1) is 3.93. The van der Waals surface area contributed by atoms with E-state index in [9.17, 15) is 0 Å². The molecule has 2 nitrogen and oxygen atoms in total. The number of allylic oxidation sites excluding steroid dienone is 1. The van der Waals surface area contributed by atoms with E-state index >= 15 is 0 Å². The minimum Gasteiger partial charge on any atom is -0.358 e. The van der Waals surface area contributed by atoms with Crippen molar-refractivity contribution < 1.29 is 0 Å². The number of nitrogens with zero attached hydrogens (tertiary/aromatic N) is 1. The maximum absolute atomic E-state index is 3.94. The van der Waals surface area contributed by atoms with Gasteiger partial charge in [0.1, 0.15) is 7.85 Å². The van der Waals surface area contributed by atoms with Crippen molar-refractivity contribution >= 4 is 13.7 Å². The summed E-state index contributed by atoms with van der Waals surface area (Å²) in [6.07, 6.45) is 4.52. The molecule has 0 saturated heterocycles. The second-order valence-electron chi connectivity index (χ2n) is 1.54. The molecule has 0 amide bonds. The molecule has 1 rings (SSSR count). The Balaban J connectivity index is 2.68. The highest BCUT2D eigenvalue weighted by Crippen LogP contribution is 1.98. The minimum absolute atomic E-state index is 0.966. The first kappa shape index (κ1) is 5.20. The maximum atomic E-state index is 3.94. The van der Waals surface area contributed by atoms with Crippen LogP contribution in [0.15, 0.2) is 23.1 Å². The van der Waals surface area contributed by atoms with Crippen LogP contribution in [0.4, 0.5) is 0 Å². The lowest BCUT2D eigenvalue weighted by Gasteiger charge is -1.96. The van der Waals surface area contributed by atoms with Crippen molar-refractivity contribution in [2.75, 3.05) is 0 Å². The molecule has 0 aromatic carbocycles. The van der Waals surface area contributed by atoms with Crippen molar-refractivity contribution in [3.63, 3.8) is 0 Å². The van der Waals surface area contributed by atoms with Crippen LogP contribution >= 0.6 is 0 Å². The first-order valence-corrected chi connectivity index (χ1v) is 2.66. The number of hydrogen-bond acceptors (Lipinski definition) is 2. The van der Waals surface area contributed by atoms with E-state index in [4.69, 9.17) is 0 Å². The second-order valence-corrected chi connectivity index (χ2v) is 1.54. The van der Waals surface area contributed by atoms with Gasteiger partial charge in [0.15, 0.2) is 0 Å². The lowest BCUT2D eigenvalue weighted by Crippen LogP contribution is -1.98. The van der Waals surface area contributed by atoms with Crippen LogP contribution in [0.25, 0.3) is 0 Å². The fraction of sp³-hybridized carbons (Fsp3) is 0.200.